The number of esters is 1. The fourth-order valence-electron chi connectivity index (χ4n) is 2.49. The number of nitrogens with two attached hydrogens (primary N) is 1. The molecule has 2 rings (SSSR count). The largest absolute Gasteiger partial charge is 0.465 e. The first-order chi connectivity index (χ1) is 9.02. The highest BCUT2D eigenvalue weighted by Gasteiger charge is 2.25. The van der Waals surface area contributed by atoms with Gasteiger partial charge in [-0.25, -0.2) is 4.79 Å². The number of carbonyl (C=O) groups is 1. The van der Waals surface area contributed by atoms with Crippen molar-refractivity contribution in [2.45, 2.75) is 24.3 Å². The molecule has 0 aromatic heterocycles. The molecule has 0 amide bonds. The minimum Gasteiger partial charge on any atom is -0.465 e. The van der Waals surface area contributed by atoms with Crippen molar-refractivity contribution in [3.8, 4) is 0 Å². The minimum atomic E-state index is -0.383. The lowest BCUT2D eigenvalue weighted by molar-refractivity contribution is 0.0602. The molecule has 5 heteroatoms. The summed E-state index contributed by atoms with van der Waals surface area (Å²) >= 11 is 1.99. The summed E-state index contributed by atoms with van der Waals surface area (Å²) in [5, 5.41) is 1.12. The van der Waals surface area contributed by atoms with Crippen molar-refractivity contribution in [1.82, 2.24) is 0 Å². The number of anilines is 2. The zero-order valence-electron chi connectivity index (χ0n) is 11.6. The average Bonchev–Trinajstić information content (AvgIpc) is 2.37. The first kappa shape index (κ1) is 14.1. The van der Waals surface area contributed by atoms with Gasteiger partial charge in [0.25, 0.3) is 0 Å². The Morgan fingerprint density at radius 1 is 1.37 bits per heavy atom. The number of methoxy groups -OCH3 is 1. The third kappa shape index (κ3) is 2.97. The Hall–Kier alpha value is -1.36. The molecular weight excluding hydrogens is 260 g/mol. The number of hydrogen-bond donors (Lipinski definition) is 1. The fourth-order valence-corrected chi connectivity index (χ4v) is 3.82. The van der Waals surface area contributed by atoms with Gasteiger partial charge in [-0.2, -0.15) is 11.8 Å². The normalized spacial score (nSPS) is 23.2. The summed E-state index contributed by atoms with van der Waals surface area (Å²) in [7, 11) is 1.37. The summed E-state index contributed by atoms with van der Waals surface area (Å²) in [6.07, 6.45) is 0. The van der Waals surface area contributed by atoms with Gasteiger partial charge in [0, 0.05) is 23.6 Å². The zero-order chi connectivity index (χ0) is 14.0. The van der Waals surface area contributed by atoms with Gasteiger partial charge in [0.05, 0.1) is 24.0 Å². The Labute approximate surface area is 118 Å². The standard InChI is InChI=1S/C14H20N2O2S/c1-9-7-16(8-10(2)19-9)12-6-4-5-11(13(12)15)14(17)18-3/h4-6,9-10H,7-8,15H2,1-3H3. The van der Waals surface area contributed by atoms with Gasteiger partial charge in [-0.3, -0.25) is 0 Å². The van der Waals surface area contributed by atoms with E-state index in [2.05, 4.69) is 18.7 Å². The number of para-hydroxylation sites is 1. The summed E-state index contributed by atoms with van der Waals surface area (Å²) in [6.45, 7) is 6.33. The zero-order valence-corrected chi connectivity index (χ0v) is 12.4. The Morgan fingerprint density at radius 2 is 2.00 bits per heavy atom. The molecular formula is C14H20N2O2S. The topological polar surface area (TPSA) is 55.6 Å². The van der Waals surface area contributed by atoms with Crippen LogP contribution in [-0.2, 0) is 4.74 Å². The number of carbonyl (C=O) groups excluding carboxylic acids is 1. The van der Waals surface area contributed by atoms with E-state index < -0.39 is 0 Å². The quantitative estimate of drug-likeness (QED) is 0.666. The van der Waals surface area contributed by atoms with Gasteiger partial charge in [0.1, 0.15) is 0 Å². The van der Waals surface area contributed by atoms with Crippen LogP contribution in [0.1, 0.15) is 24.2 Å². The Balaban J connectivity index is 2.32. The van der Waals surface area contributed by atoms with Crippen molar-refractivity contribution in [2.75, 3.05) is 30.8 Å². The van der Waals surface area contributed by atoms with Crippen molar-refractivity contribution < 1.29 is 9.53 Å². The van der Waals surface area contributed by atoms with Crippen LogP contribution >= 0.6 is 11.8 Å². The van der Waals surface area contributed by atoms with E-state index >= 15 is 0 Å². The van der Waals surface area contributed by atoms with E-state index in [0.717, 1.165) is 18.8 Å². The van der Waals surface area contributed by atoms with E-state index in [1.54, 1.807) is 6.07 Å². The second-order valence-electron chi connectivity index (χ2n) is 4.89. The molecule has 4 nitrogen and oxygen atoms in total. The molecule has 104 valence electrons. The smallest absolute Gasteiger partial charge is 0.340 e. The lowest BCUT2D eigenvalue weighted by Gasteiger charge is -2.37. The van der Waals surface area contributed by atoms with Crippen molar-refractivity contribution in [1.29, 1.82) is 0 Å². The molecule has 1 aromatic rings. The second-order valence-corrected chi connectivity index (χ2v) is 6.77. The monoisotopic (exact) mass is 280 g/mol. The number of nitrogens with zero attached hydrogens (tertiary/aromatic N) is 1. The van der Waals surface area contributed by atoms with Crippen molar-refractivity contribution in [3.63, 3.8) is 0 Å². The van der Waals surface area contributed by atoms with E-state index in [1.165, 1.54) is 7.11 Å². The molecule has 0 aliphatic carbocycles. The lowest BCUT2D eigenvalue weighted by Crippen LogP contribution is -2.40. The van der Waals surface area contributed by atoms with Crippen molar-refractivity contribution in [2.24, 2.45) is 0 Å². The summed E-state index contributed by atoms with van der Waals surface area (Å²) in [5.74, 6) is -0.383. The number of thioether (sulfide) groups is 1. The van der Waals surface area contributed by atoms with Crippen LogP contribution in [0.2, 0.25) is 0 Å². The van der Waals surface area contributed by atoms with Crippen LogP contribution in [0.5, 0.6) is 0 Å². The van der Waals surface area contributed by atoms with Gasteiger partial charge in [0.2, 0.25) is 0 Å². The van der Waals surface area contributed by atoms with Gasteiger partial charge >= 0.3 is 5.97 Å². The van der Waals surface area contributed by atoms with E-state index in [0.29, 0.717) is 21.8 Å². The van der Waals surface area contributed by atoms with Gasteiger partial charge < -0.3 is 15.4 Å². The van der Waals surface area contributed by atoms with E-state index in [4.69, 9.17) is 10.5 Å². The third-order valence-electron chi connectivity index (χ3n) is 3.25. The number of hydrogen-bond acceptors (Lipinski definition) is 5. The molecule has 2 N–H and O–H groups in total. The Morgan fingerprint density at radius 3 is 2.58 bits per heavy atom. The third-order valence-corrected chi connectivity index (χ3v) is 4.48. The second kappa shape index (κ2) is 5.74. The average molecular weight is 280 g/mol. The van der Waals surface area contributed by atoms with Crippen molar-refractivity contribution in [3.05, 3.63) is 23.8 Å². The summed E-state index contributed by atoms with van der Waals surface area (Å²) in [4.78, 5) is 13.9. The predicted molar refractivity (Wildman–Crippen MR) is 80.9 cm³/mol. The number of rotatable bonds is 2. The highest BCUT2D eigenvalue weighted by molar-refractivity contribution is 8.00. The molecule has 1 aromatic carbocycles. The summed E-state index contributed by atoms with van der Waals surface area (Å²) < 4.78 is 4.76. The molecule has 0 bridgehead atoms. The minimum absolute atomic E-state index is 0.383. The van der Waals surface area contributed by atoms with Crippen LogP contribution in [0.15, 0.2) is 18.2 Å². The number of ether oxygens (including phenoxy) is 1. The maximum Gasteiger partial charge on any atom is 0.340 e. The van der Waals surface area contributed by atoms with Crippen LogP contribution in [0.25, 0.3) is 0 Å². The predicted octanol–water partition coefficient (Wildman–Crippen LogP) is 2.39. The molecule has 2 atom stereocenters. The number of benzene rings is 1. The van der Waals surface area contributed by atoms with E-state index in [-0.39, 0.29) is 5.97 Å². The molecule has 1 heterocycles. The van der Waals surface area contributed by atoms with Gasteiger partial charge in [-0.05, 0) is 12.1 Å². The van der Waals surface area contributed by atoms with Crippen molar-refractivity contribution >= 4 is 29.1 Å². The maximum atomic E-state index is 11.7. The van der Waals surface area contributed by atoms with E-state index in [1.807, 2.05) is 23.9 Å². The molecule has 1 aliphatic heterocycles. The molecule has 19 heavy (non-hydrogen) atoms. The molecule has 0 saturated carbocycles. The van der Waals surface area contributed by atoms with Gasteiger partial charge in [-0.1, -0.05) is 19.9 Å². The highest BCUT2D eigenvalue weighted by atomic mass is 32.2. The van der Waals surface area contributed by atoms with Gasteiger partial charge in [-0.15, -0.1) is 0 Å². The van der Waals surface area contributed by atoms with Crippen LogP contribution in [0.3, 0.4) is 0 Å². The summed E-state index contributed by atoms with van der Waals surface area (Å²) in [6, 6.07) is 5.53. The first-order valence-electron chi connectivity index (χ1n) is 6.40. The first-order valence-corrected chi connectivity index (χ1v) is 7.34. The molecule has 1 fully saturated rings. The highest BCUT2D eigenvalue weighted by Crippen LogP contribution is 2.33. The van der Waals surface area contributed by atoms with Crippen LogP contribution < -0.4 is 10.6 Å². The molecule has 2 unspecified atom stereocenters. The Kier molecular flexibility index (Phi) is 4.24. The van der Waals surface area contributed by atoms with Crippen LogP contribution in [0.4, 0.5) is 11.4 Å². The summed E-state index contributed by atoms with van der Waals surface area (Å²) in [5.41, 5.74) is 8.02. The maximum absolute atomic E-state index is 11.7. The molecule has 0 spiro atoms. The number of nitrogen functional groups attached to an aromatic ring is 1. The SMILES string of the molecule is COC(=O)c1cccc(N2CC(C)SC(C)C2)c1N. The van der Waals surface area contributed by atoms with Crippen LogP contribution in [0, 0.1) is 0 Å². The van der Waals surface area contributed by atoms with Crippen LogP contribution in [-0.4, -0.2) is 36.7 Å². The molecule has 1 saturated heterocycles. The Bertz CT molecular complexity index is 469. The van der Waals surface area contributed by atoms with Gasteiger partial charge in [0.15, 0.2) is 0 Å². The fraction of sp³-hybridized carbons (Fsp3) is 0.500. The molecule has 0 radical (unpaired) electrons. The molecule has 1 aliphatic rings. The van der Waals surface area contributed by atoms with E-state index in [9.17, 15) is 4.79 Å². The lowest BCUT2D eigenvalue weighted by atomic mass is 10.1.